The molecule has 5 nitrogen and oxygen atoms in total. The molecule has 0 bridgehead atoms. The number of carbonyl (C=O) groups is 1. The number of quaternary nitrogens is 1. The van der Waals surface area contributed by atoms with Gasteiger partial charge in [0.25, 0.3) is 0 Å². The van der Waals surface area contributed by atoms with Crippen LogP contribution in [-0.4, -0.2) is 50.5 Å². The van der Waals surface area contributed by atoms with Crippen molar-refractivity contribution in [3.8, 4) is 5.75 Å². The van der Waals surface area contributed by atoms with Crippen LogP contribution in [0.3, 0.4) is 0 Å². The van der Waals surface area contributed by atoms with Crippen molar-refractivity contribution in [2.24, 2.45) is 0 Å². The Morgan fingerprint density at radius 1 is 1.04 bits per heavy atom. The van der Waals surface area contributed by atoms with Crippen LogP contribution in [0.4, 0.5) is 10.5 Å². The van der Waals surface area contributed by atoms with E-state index in [2.05, 4.69) is 19.3 Å². The first kappa shape index (κ1) is 24.8. The molecule has 1 aromatic rings. The maximum atomic E-state index is 12.2. The third kappa shape index (κ3) is 9.28. The van der Waals surface area contributed by atoms with Crippen LogP contribution in [0.25, 0.3) is 0 Å². The molecule has 0 aromatic heterocycles. The number of piperidine rings is 1. The molecule has 1 aliphatic rings. The molecule has 0 radical (unpaired) electrons. The molecule has 0 aliphatic carbocycles. The number of carbonyl (C=O) groups excluding carboxylic acids is 1. The zero-order chi connectivity index (χ0) is 19.4. The molecular formula is C22H37BrN2O3. The number of ether oxygens (including phenoxy) is 2. The fraction of sp³-hybridized carbons (Fsp3) is 0.682. The Bertz CT molecular complexity index is 562. The number of halogens is 1. The number of benzene rings is 1. The Balaban J connectivity index is 0.00000392. The minimum atomic E-state index is -0.405. The number of nitrogens with zero attached hydrogens (tertiary/aromatic N) is 1. The molecule has 1 N–H and O–H groups in total. The van der Waals surface area contributed by atoms with Crippen LogP contribution in [0, 0.1) is 0 Å². The van der Waals surface area contributed by atoms with Crippen molar-refractivity contribution in [3.05, 3.63) is 24.3 Å². The lowest BCUT2D eigenvalue weighted by molar-refractivity contribution is -0.914. The number of likely N-dealkylation sites (tertiary alicyclic amines) is 1. The zero-order valence-electron chi connectivity index (χ0n) is 17.6. The van der Waals surface area contributed by atoms with Crippen molar-refractivity contribution in [3.63, 3.8) is 0 Å². The number of amides is 1. The fourth-order valence-corrected chi connectivity index (χ4v) is 3.59. The normalized spacial score (nSPS) is 15.4. The van der Waals surface area contributed by atoms with E-state index in [1.807, 2.05) is 24.3 Å². The molecule has 160 valence electrons. The van der Waals surface area contributed by atoms with Gasteiger partial charge in [-0.15, -0.1) is 0 Å². The van der Waals surface area contributed by atoms with Crippen molar-refractivity contribution in [2.45, 2.75) is 58.3 Å². The quantitative estimate of drug-likeness (QED) is 0.410. The number of anilines is 1. The average Bonchev–Trinajstić information content (AvgIpc) is 2.66. The summed E-state index contributed by atoms with van der Waals surface area (Å²) in [5.74, 6) is 0.708. The van der Waals surface area contributed by atoms with Gasteiger partial charge in [-0.3, -0.25) is 5.32 Å². The minimum Gasteiger partial charge on any atom is -1.00 e. The number of nitrogens with one attached hydrogen (secondary N) is 1. The van der Waals surface area contributed by atoms with E-state index in [0.29, 0.717) is 24.7 Å². The molecule has 0 unspecified atom stereocenters. The van der Waals surface area contributed by atoms with E-state index < -0.39 is 6.09 Å². The molecule has 28 heavy (non-hydrogen) atoms. The summed E-state index contributed by atoms with van der Waals surface area (Å²) < 4.78 is 12.3. The zero-order valence-corrected chi connectivity index (χ0v) is 19.1. The van der Waals surface area contributed by atoms with Crippen molar-refractivity contribution >= 4 is 11.8 Å². The van der Waals surface area contributed by atoms with E-state index in [-0.39, 0.29) is 17.0 Å². The highest BCUT2D eigenvalue weighted by atomic mass is 79.9. The van der Waals surface area contributed by atoms with E-state index in [0.717, 1.165) is 17.4 Å². The monoisotopic (exact) mass is 456 g/mol. The van der Waals surface area contributed by atoms with Gasteiger partial charge < -0.3 is 30.9 Å². The van der Waals surface area contributed by atoms with Crippen LogP contribution in [0.15, 0.2) is 24.3 Å². The van der Waals surface area contributed by atoms with Gasteiger partial charge in [-0.25, -0.2) is 4.79 Å². The molecule has 1 amide bonds. The largest absolute Gasteiger partial charge is 1.00 e. The first-order valence-corrected chi connectivity index (χ1v) is 10.6. The van der Waals surface area contributed by atoms with E-state index in [4.69, 9.17) is 9.47 Å². The van der Waals surface area contributed by atoms with E-state index in [1.165, 1.54) is 58.0 Å². The van der Waals surface area contributed by atoms with Crippen LogP contribution >= 0.6 is 0 Å². The predicted molar refractivity (Wildman–Crippen MR) is 110 cm³/mol. The number of para-hydroxylation sites is 2. The Morgan fingerprint density at radius 2 is 1.75 bits per heavy atom. The highest BCUT2D eigenvalue weighted by Crippen LogP contribution is 2.24. The summed E-state index contributed by atoms with van der Waals surface area (Å²) in [7, 11) is 2.25. The Kier molecular flexibility index (Phi) is 12.2. The first-order valence-electron chi connectivity index (χ1n) is 10.6. The molecule has 6 heteroatoms. The van der Waals surface area contributed by atoms with Crippen molar-refractivity contribution in [1.82, 2.24) is 0 Å². The van der Waals surface area contributed by atoms with Crippen molar-refractivity contribution in [1.29, 1.82) is 0 Å². The second-order valence-corrected chi connectivity index (χ2v) is 7.87. The summed E-state index contributed by atoms with van der Waals surface area (Å²) >= 11 is 0. The lowest BCUT2D eigenvalue weighted by Gasteiger charge is -2.37. The summed E-state index contributed by atoms with van der Waals surface area (Å²) in [6.45, 7) is 6.57. The number of hydrogen-bond acceptors (Lipinski definition) is 3. The lowest BCUT2D eigenvalue weighted by atomic mass is 10.1. The molecule has 0 spiro atoms. The summed E-state index contributed by atoms with van der Waals surface area (Å²) in [4.78, 5) is 12.2. The summed E-state index contributed by atoms with van der Waals surface area (Å²) in [6, 6.07) is 7.56. The lowest BCUT2D eigenvalue weighted by Crippen LogP contribution is -3.00. The smallest absolute Gasteiger partial charge is 0.411 e. The van der Waals surface area contributed by atoms with Gasteiger partial charge in [-0.1, -0.05) is 44.7 Å². The van der Waals surface area contributed by atoms with Gasteiger partial charge in [0.1, 0.15) is 18.9 Å². The molecule has 1 heterocycles. The Labute approximate surface area is 181 Å². The number of rotatable bonds is 11. The van der Waals surface area contributed by atoms with Gasteiger partial charge in [-0.2, -0.15) is 0 Å². The molecule has 0 saturated carbocycles. The number of hydrogen-bond donors (Lipinski definition) is 1. The topological polar surface area (TPSA) is 47.6 Å². The molecule has 0 atom stereocenters. The van der Waals surface area contributed by atoms with Crippen LogP contribution in [0.5, 0.6) is 5.75 Å². The van der Waals surface area contributed by atoms with Crippen molar-refractivity contribution < 1.29 is 35.7 Å². The maximum absolute atomic E-state index is 12.2. The highest BCUT2D eigenvalue weighted by Gasteiger charge is 2.24. The molecule has 1 aliphatic heterocycles. The van der Waals surface area contributed by atoms with E-state index >= 15 is 0 Å². The molecule has 1 aromatic carbocycles. The summed E-state index contributed by atoms with van der Waals surface area (Å²) in [5, 5.41) is 2.83. The molecule has 1 saturated heterocycles. The van der Waals surface area contributed by atoms with E-state index in [1.54, 1.807) is 0 Å². The summed E-state index contributed by atoms with van der Waals surface area (Å²) in [6.07, 6.45) is 9.46. The molecule has 1 fully saturated rings. The van der Waals surface area contributed by atoms with Crippen molar-refractivity contribution in [2.75, 3.05) is 45.2 Å². The maximum Gasteiger partial charge on any atom is 0.411 e. The van der Waals surface area contributed by atoms with Crippen LogP contribution in [0.2, 0.25) is 0 Å². The Hall–Kier alpha value is -1.27. The van der Waals surface area contributed by atoms with Gasteiger partial charge >= 0.3 is 6.09 Å². The molecule has 2 rings (SSSR count). The van der Waals surface area contributed by atoms with Gasteiger partial charge in [0.15, 0.2) is 0 Å². The van der Waals surface area contributed by atoms with E-state index in [9.17, 15) is 4.79 Å². The fourth-order valence-electron chi connectivity index (χ4n) is 3.59. The summed E-state index contributed by atoms with van der Waals surface area (Å²) in [5.41, 5.74) is 0.675. The predicted octanol–water partition coefficient (Wildman–Crippen LogP) is 2.22. The average molecular weight is 457 g/mol. The van der Waals surface area contributed by atoms with Crippen LogP contribution in [0.1, 0.15) is 58.3 Å². The number of likely N-dealkylation sites (N-methyl/N-ethyl adjacent to an activating group) is 1. The van der Waals surface area contributed by atoms with Crippen LogP contribution in [-0.2, 0) is 4.74 Å². The van der Waals surface area contributed by atoms with Gasteiger partial charge in [0.05, 0.1) is 32.4 Å². The third-order valence-electron chi connectivity index (χ3n) is 5.39. The van der Waals surface area contributed by atoms with Gasteiger partial charge in [-0.05, 0) is 37.8 Å². The SMILES string of the molecule is CCCCCCCOc1ccccc1NC(=O)OCC[N+]1(C)CCCCC1.[Br-]. The van der Waals surface area contributed by atoms with Gasteiger partial charge in [0, 0.05) is 0 Å². The van der Waals surface area contributed by atoms with Crippen LogP contribution < -0.4 is 27.0 Å². The number of unbranched alkanes of at least 4 members (excludes halogenated alkanes) is 4. The third-order valence-corrected chi connectivity index (χ3v) is 5.39. The Morgan fingerprint density at radius 3 is 2.50 bits per heavy atom. The first-order chi connectivity index (χ1) is 13.1. The second-order valence-electron chi connectivity index (χ2n) is 7.87. The van der Waals surface area contributed by atoms with Gasteiger partial charge in [0.2, 0.25) is 0 Å². The standard InChI is InChI=1S/C22H36N2O3.BrH/c1-3-4-5-6-12-18-26-21-14-9-8-13-20(21)23-22(25)27-19-17-24(2)15-10-7-11-16-24;/h8-9,13-14H,3-7,10-12,15-19H2,1-2H3;1H. The highest BCUT2D eigenvalue weighted by molar-refractivity contribution is 5.86. The minimum absolute atomic E-state index is 0. The molecular weight excluding hydrogens is 420 g/mol. The second kappa shape index (κ2) is 13.8.